The van der Waals surface area contributed by atoms with Crippen LogP contribution in [0.1, 0.15) is 13.1 Å². The Balaban J connectivity index is 0.00000432. The fourth-order valence-corrected chi connectivity index (χ4v) is 3.36. The number of anilines is 2. The largest absolute Gasteiger partial charge is 1.00 e. The van der Waals surface area contributed by atoms with Crippen LogP contribution in [0.3, 0.4) is 0 Å². The van der Waals surface area contributed by atoms with E-state index in [-0.39, 0.29) is 114 Å². The molecule has 0 bridgehead atoms. The summed E-state index contributed by atoms with van der Waals surface area (Å²) in [4.78, 5) is 28.5. The van der Waals surface area contributed by atoms with Crippen LogP contribution in [0, 0.1) is 6.92 Å². The summed E-state index contributed by atoms with van der Waals surface area (Å²) in [5, 5.41) is 15.6. The van der Waals surface area contributed by atoms with E-state index in [1.165, 1.54) is 13.3 Å². The molecule has 23 heteroatoms. The van der Waals surface area contributed by atoms with E-state index in [1.807, 2.05) is 0 Å². The smallest absolute Gasteiger partial charge is 0.748 e. The number of aryl methyl sites for hydroxylation is 1. The predicted molar refractivity (Wildman–Crippen MR) is 121 cm³/mol. The SMILES string of the molecule is C.Cc1[nH]n(-c2nc(NCCS(=O)(=O)[O-])nc(NCCS(=O)(=O)[O-])n2)c(=O)c1N=Nc1ncns1.[Na+].[Na+]. The quantitative estimate of drug-likeness (QED) is 0.106. The summed E-state index contributed by atoms with van der Waals surface area (Å²) in [6, 6.07) is 0. The minimum absolute atomic E-state index is 0. The van der Waals surface area contributed by atoms with Crippen LogP contribution in [0.5, 0.6) is 0 Å². The van der Waals surface area contributed by atoms with Crippen molar-refractivity contribution in [1.82, 2.24) is 34.1 Å². The van der Waals surface area contributed by atoms with E-state index in [1.54, 1.807) is 0 Å². The van der Waals surface area contributed by atoms with Gasteiger partial charge < -0.3 is 19.7 Å². The van der Waals surface area contributed by atoms with E-state index in [4.69, 9.17) is 0 Å². The average Bonchev–Trinajstić information content (AvgIpc) is 3.32. The second kappa shape index (κ2) is 15.3. The molecule has 0 aliphatic carbocycles. The Labute approximate surface area is 259 Å². The molecule has 0 aliphatic rings. The van der Waals surface area contributed by atoms with Crippen molar-refractivity contribution in [2.45, 2.75) is 14.4 Å². The van der Waals surface area contributed by atoms with Gasteiger partial charge in [0.1, 0.15) is 6.33 Å². The first-order valence-electron chi connectivity index (χ1n) is 9.02. The Morgan fingerprint density at radius 2 is 1.54 bits per heavy atom. The molecule has 3 aromatic heterocycles. The third kappa shape index (κ3) is 11.5. The van der Waals surface area contributed by atoms with Crippen LogP contribution in [-0.2, 0) is 20.2 Å². The van der Waals surface area contributed by atoms with Crippen LogP contribution in [0.15, 0.2) is 21.4 Å². The van der Waals surface area contributed by atoms with Gasteiger partial charge in [0.25, 0.3) is 5.95 Å². The van der Waals surface area contributed by atoms with Crippen LogP contribution >= 0.6 is 11.5 Å². The molecule has 3 N–H and O–H groups in total. The van der Waals surface area contributed by atoms with Crippen LogP contribution in [0.2, 0.25) is 0 Å². The second-order valence-corrected chi connectivity index (χ2v) is 10.1. The molecule has 37 heavy (non-hydrogen) atoms. The van der Waals surface area contributed by atoms with Gasteiger partial charge in [-0.25, -0.2) is 21.8 Å². The molecule has 18 nitrogen and oxygen atoms in total. The van der Waals surface area contributed by atoms with Gasteiger partial charge in [-0.15, -0.1) is 10.2 Å². The molecule has 0 amide bonds. The van der Waals surface area contributed by atoms with Crippen LogP contribution in [-0.4, -0.2) is 84.6 Å². The number of hydrogen-bond acceptors (Lipinski definition) is 17. The van der Waals surface area contributed by atoms with Gasteiger partial charge in [-0.3, -0.25) is 9.89 Å². The van der Waals surface area contributed by atoms with Crippen molar-refractivity contribution in [3.8, 4) is 5.95 Å². The molecule has 0 aromatic carbocycles. The zero-order valence-electron chi connectivity index (χ0n) is 19.1. The zero-order chi connectivity index (χ0) is 24.9. The van der Waals surface area contributed by atoms with Crippen LogP contribution < -0.4 is 75.3 Å². The van der Waals surface area contributed by atoms with Gasteiger partial charge >= 0.3 is 64.7 Å². The van der Waals surface area contributed by atoms with E-state index in [0.29, 0.717) is 0 Å². The van der Waals surface area contributed by atoms with Gasteiger partial charge in [-0.05, 0) is 6.92 Å². The minimum Gasteiger partial charge on any atom is -0.748 e. The van der Waals surface area contributed by atoms with Crippen molar-refractivity contribution in [1.29, 1.82) is 0 Å². The standard InChI is InChI=1S/C13H17N11O7S3.CH4.2Na/c1-7-8(21-22-13-16-6-17-32-13)9(25)24(23-7)12-19-10(14-2-4-33(26,27)28)18-11(20-12)15-3-5-34(29,30)31;;;/h6,23H,2-5H2,1H3,(H,26,27,28)(H,29,30,31)(H2,14,15,18,19,20);1H4;;/q;;2*+1/p-2. The van der Waals surface area contributed by atoms with E-state index in [0.717, 1.165) is 16.2 Å². The molecule has 192 valence electrons. The molecule has 0 radical (unpaired) electrons. The molecule has 0 atom stereocenters. The minimum atomic E-state index is -4.52. The van der Waals surface area contributed by atoms with E-state index in [9.17, 15) is 30.7 Å². The topological polar surface area (TPSA) is 265 Å². The number of aromatic nitrogens is 7. The fourth-order valence-electron chi connectivity index (χ4n) is 2.30. The first-order valence-corrected chi connectivity index (χ1v) is 13.0. The van der Waals surface area contributed by atoms with Gasteiger partial charge in [0.2, 0.25) is 17.0 Å². The van der Waals surface area contributed by atoms with Crippen molar-refractivity contribution in [3.63, 3.8) is 0 Å². The Bertz CT molecular complexity index is 1400. The van der Waals surface area contributed by atoms with Gasteiger partial charge in [0.05, 0.1) is 37.4 Å². The first kappa shape index (κ1) is 35.6. The monoisotopic (exact) mass is 595 g/mol. The molecule has 0 saturated heterocycles. The molecular formula is C14H19N11Na2O7S3. The molecule has 0 aliphatic heterocycles. The van der Waals surface area contributed by atoms with E-state index >= 15 is 0 Å². The Hall–Kier alpha value is -1.40. The molecule has 0 unspecified atom stereocenters. The van der Waals surface area contributed by atoms with Gasteiger partial charge in [-0.1, -0.05) is 7.43 Å². The van der Waals surface area contributed by atoms with Crippen molar-refractivity contribution in [2.24, 2.45) is 10.2 Å². The van der Waals surface area contributed by atoms with Crippen molar-refractivity contribution in [3.05, 3.63) is 22.4 Å². The first-order chi connectivity index (χ1) is 15.9. The maximum Gasteiger partial charge on any atom is 1.00 e. The summed E-state index contributed by atoms with van der Waals surface area (Å²) in [6.45, 7) is 0.817. The fraction of sp³-hybridized carbons (Fsp3) is 0.429. The summed E-state index contributed by atoms with van der Waals surface area (Å²) in [5.74, 6) is -2.32. The number of rotatable bonds is 11. The van der Waals surface area contributed by atoms with Crippen molar-refractivity contribution < 1.29 is 85.1 Å². The van der Waals surface area contributed by atoms with Crippen LogP contribution in [0.4, 0.5) is 22.7 Å². The van der Waals surface area contributed by atoms with Gasteiger partial charge in [0.15, 0.2) is 5.69 Å². The molecular weight excluding hydrogens is 576 g/mol. The Morgan fingerprint density at radius 1 is 1.00 bits per heavy atom. The number of azo groups is 1. The van der Waals surface area contributed by atoms with Gasteiger partial charge in [-0.2, -0.15) is 24.0 Å². The Kier molecular flexibility index (Phi) is 14.7. The third-order valence-electron chi connectivity index (χ3n) is 3.72. The molecule has 3 aromatic rings. The number of aromatic amines is 1. The van der Waals surface area contributed by atoms with Crippen molar-refractivity contribution >= 4 is 54.5 Å². The van der Waals surface area contributed by atoms with Gasteiger partial charge in [0, 0.05) is 24.6 Å². The molecule has 0 spiro atoms. The summed E-state index contributed by atoms with van der Waals surface area (Å²) in [6.07, 6.45) is 1.27. The van der Waals surface area contributed by atoms with E-state index in [2.05, 4.69) is 50.3 Å². The summed E-state index contributed by atoms with van der Waals surface area (Å²) in [5.41, 5.74) is -0.509. The third-order valence-corrected chi connectivity index (χ3v) is 5.68. The predicted octanol–water partition coefficient (Wildman–Crippen LogP) is -6.52. The molecule has 0 fully saturated rings. The second-order valence-electron chi connectivity index (χ2n) is 6.31. The maximum absolute atomic E-state index is 12.8. The zero-order valence-corrected chi connectivity index (χ0v) is 25.5. The Morgan fingerprint density at radius 3 is 2.00 bits per heavy atom. The number of nitrogens with one attached hydrogen (secondary N) is 3. The maximum atomic E-state index is 12.8. The summed E-state index contributed by atoms with van der Waals surface area (Å²) < 4.78 is 69.6. The van der Waals surface area contributed by atoms with Crippen molar-refractivity contribution in [2.75, 3.05) is 35.2 Å². The normalized spacial score (nSPS) is 11.3. The molecule has 0 saturated carbocycles. The van der Waals surface area contributed by atoms with Crippen LogP contribution in [0.25, 0.3) is 5.95 Å². The molecule has 3 heterocycles. The average molecular weight is 596 g/mol. The number of H-pyrrole nitrogens is 1. The summed E-state index contributed by atoms with van der Waals surface area (Å²) in [7, 11) is -9.05. The number of hydrogen-bond donors (Lipinski definition) is 3. The summed E-state index contributed by atoms with van der Waals surface area (Å²) >= 11 is 0.959. The number of nitrogens with zero attached hydrogens (tertiary/aromatic N) is 8. The van der Waals surface area contributed by atoms with E-state index < -0.39 is 37.3 Å². The molecule has 3 rings (SSSR count).